The van der Waals surface area contributed by atoms with Gasteiger partial charge in [0.1, 0.15) is 30.8 Å². The summed E-state index contributed by atoms with van der Waals surface area (Å²) in [5.41, 5.74) is 10.7. The standard InChI is InChI=1S/C48H57N13O8/c1-29(2)42(58-39(62)12-5-4-6-24-59-40(63)21-22-41(59)64)46(66)55-36(11-8-23-50-47(49)67)45(65)54-33-16-13-31(14-17-33)27-69-48(68)60(34-18-19-34)26-37-56-43(32-15-20-38-51-28-52-61(38)25-32)44(57-37)35-10-7-9-30(3)53-35/h7,9-10,13-17,20-22,25,28-29,34,36,42H,4-6,8,11-12,18-19,23-24,26-27H2,1-3H3,(H,54,65)(H,55,66)(H,56,57)(H,58,62)(H3,49,50,67)/t36-,42-/m0/s1. The molecule has 0 radical (unpaired) electrons. The van der Waals surface area contributed by atoms with Crippen LogP contribution in [0.3, 0.4) is 0 Å². The van der Waals surface area contributed by atoms with Gasteiger partial charge in [-0.3, -0.25) is 38.8 Å². The Labute approximate surface area is 398 Å². The number of nitrogens with zero attached hydrogens (tertiary/aromatic N) is 7. The number of aromatic nitrogens is 6. The van der Waals surface area contributed by atoms with Crippen molar-refractivity contribution in [2.24, 2.45) is 11.7 Å². The minimum Gasteiger partial charge on any atom is -0.445 e. The highest BCUT2D eigenvalue weighted by Crippen LogP contribution is 2.33. The Morgan fingerprint density at radius 1 is 0.913 bits per heavy atom. The number of hydrogen-bond acceptors (Lipinski definition) is 12. The number of fused-ring (bicyclic) bond motifs is 1. The van der Waals surface area contributed by atoms with Crippen LogP contribution in [0.5, 0.6) is 0 Å². The lowest BCUT2D eigenvalue weighted by molar-refractivity contribution is -0.137. The van der Waals surface area contributed by atoms with Gasteiger partial charge in [-0.25, -0.2) is 24.1 Å². The van der Waals surface area contributed by atoms with E-state index >= 15 is 0 Å². The van der Waals surface area contributed by atoms with Gasteiger partial charge in [-0.2, -0.15) is 5.10 Å². The number of imide groups is 1. The van der Waals surface area contributed by atoms with Crippen LogP contribution >= 0.6 is 0 Å². The number of hydrogen-bond donors (Lipinski definition) is 6. The lowest BCUT2D eigenvalue weighted by atomic mass is 10.0. The van der Waals surface area contributed by atoms with E-state index in [1.807, 2.05) is 43.5 Å². The number of unbranched alkanes of at least 4 members (excludes halogenated alkanes) is 2. The maximum Gasteiger partial charge on any atom is 0.410 e. The molecule has 69 heavy (non-hydrogen) atoms. The predicted octanol–water partition coefficient (Wildman–Crippen LogP) is 4.29. The van der Waals surface area contributed by atoms with E-state index in [0.29, 0.717) is 65.5 Å². The third kappa shape index (κ3) is 13.4. The maximum atomic E-state index is 13.7. The summed E-state index contributed by atoms with van der Waals surface area (Å²) in [6, 6.07) is 13.5. The molecule has 21 nitrogen and oxygen atoms in total. The number of nitrogens with one attached hydrogen (secondary N) is 5. The third-order valence-electron chi connectivity index (χ3n) is 11.6. The first-order valence-electron chi connectivity index (χ1n) is 23.0. The van der Waals surface area contributed by atoms with Crippen LogP contribution in [-0.2, 0) is 41.9 Å². The van der Waals surface area contributed by atoms with E-state index in [1.54, 1.807) is 47.5 Å². The van der Waals surface area contributed by atoms with Crippen molar-refractivity contribution < 1.29 is 38.3 Å². The van der Waals surface area contributed by atoms with Crippen LogP contribution in [0, 0.1) is 12.8 Å². The molecule has 0 unspecified atom stereocenters. The molecule has 4 aromatic heterocycles. The van der Waals surface area contributed by atoms with Gasteiger partial charge >= 0.3 is 12.1 Å². The second kappa shape index (κ2) is 22.7. The number of benzene rings is 1. The molecule has 7 rings (SSSR count). The highest BCUT2D eigenvalue weighted by molar-refractivity contribution is 6.12. The zero-order valence-corrected chi connectivity index (χ0v) is 38.8. The highest BCUT2D eigenvalue weighted by Gasteiger charge is 2.35. The molecular formula is C48H57N13O8. The molecule has 5 aromatic rings. The van der Waals surface area contributed by atoms with E-state index < -0.39 is 36.0 Å². The zero-order chi connectivity index (χ0) is 49.0. The summed E-state index contributed by atoms with van der Waals surface area (Å²) < 4.78 is 7.48. The molecule has 2 aliphatic rings. The van der Waals surface area contributed by atoms with E-state index in [1.165, 1.54) is 18.5 Å². The molecule has 0 bridgehead atoms. The number of aromatic amines is 1. The largest absolute Gasteiger partial charge is 0.445 e. The number of rotatable bonds is 23. The number of imidazole rings is 1. The number of urea groups is 1. The second-order valence-electron chi connectivity index (χ2n) is 17.4. The number of H-pyrrole nitrogens is 1. The van der Waals surface area contributed by atoms with Gasteiger partial charge in [-0.15, -0.1) is 0 Å². The van der Waals surface area contributed by atoms with Gasteiger partial charge in [0, 0.05) is 60.8 Å². The van der Waals surface area contributed by atoms with Crippen LogP contribution in [0.15, 0.2) is 79.3 Å². The van der Waals surface area contributed by atoms with E-state index in [2.05, 4.69) is 36.3 Å². The Hall–Kier alpha value is -7.97. The van der Waals surface area contributed by atoms with Crippen LogP contribution < -0.4 is 27.0 Å². The number of ether oxygens (including phenoxy) is 1. The van der Waals surface area contributed by atoms with Crippen molar-refractivity contribution in [3.05, 3.63) is 96.4 Å². The highest BCUT2D eigenvalue weighted by atomic mass is 16.6. The molecule has 5 heterocycles. The molecular weight excluding hydrogens is 887 g/mol. The molecule has 362 valence electrons. The first-order valence-corrected chi connectivity index (χ1v) is 23.0. The Kier molecular flexibility index (Phi) is 16.1. The molecule has 8 amide bonds. The fourth-order valence-electron chi connectivity index (χ4n) is 7.78. The van der Waals surface area contributed by atoms with Crippen LogP contribution in [0.25, 0.3) is 28.3 Å². The number of amides is 8. The number of aryl methyl sites for hydroxylation is 1. The molecule has 2 atom stereocenters. The van der Waals surface area contributed by atoms with Gasteiger partial charge in [0.2, 0.25) is 17.7 Å². The minimum atomic E-state index is -1.04. The van der Waals surface area contributed by atoms with Gasteiger partial charge < -0.3 is 36.7 Å². The SMILES string of the molecule is Cc1cccc(-c2[nH]c(CN(C(=O)OCc3ccc(NC(=O)[C@H](CCCNC(N)=O)NC(=O)[C@@H](NC(=O)CCCCCN4C(=O)C=CC4=O)C(C)C)cc3)C3CC3)nc2-c2ccc3ncnn3c2)n1. The van der Waals surface area contributed by atoms with Gasteiger partial charge in [0.15, 0.2) is 5.65 Å². The van der Waals surface area contributed by atoms with Crippen molar-refractivity contribution in [1.29, 1.82) is 0 Å². The quantitative estimate of drug-likeness (QED) is 0.0395. The Bertz CT molecular complexity index is 2690. The maximum absolute atomic E-state index is 13.7. The van der Waals surface area contributed by atoms with Crippen molar-refractivity contribution in [3.63, 3.8) is 0 Å². The first-order chi connectivity index (χ1) is 33.2. The summed E-state index contributed by atoms with van der Waals surface area (Å²) in [6.07, 6.45) is 9.11. The smallest absolute Gasteiger partial charge is 0.410 e. The van der Waals surface area contributed by atoms with Gasteiger partial charge in [0.25, 0.3) is 11.8 Å². The summed E-state index contributed by atoms with van der Waals surface area (Å²) in [4.78, 5) is 109. The Morgan fingerprint density at radius 2 is 1.68 bits per heavy atom. The van der Waals surface area contributed by atoms with E-state index in [9.17, 15) is 33.6 Å². The van der Waals surface area contributed by atoms with Crippen molar-refractivity contribution in [2.45, 2.75) is 103 Å². The topological polar surface area (TPSA) is 281 Å². The van der Waals surface area contributed by atoms with Gasteiger partial charge in [0.05, 0.1) is 23.6 Å². The van der Waals surface area contributed by atoms with Crippen molar-refractivity contribution in [3.8, 4) is 22.6 Å². The normalized spacial score (nSPS) is 14.2. The van der Waals surface area contributed by atoms with E-state index in [4.69, 9.17) is 20.4 Å². The molecule has 21 heteroatoms. The monoisotopic (exact) mass is 943 g/mol. The predicted molar refractivity (Wildman–Crippen MR) is 252 cm³/mol. The average molecular weight is 944 g/mol. The Balaban J connectivity index is 0.936. The lowest BCUT2D eigenvalue weighted by Gasteiger charge is -2.25. The van der Waals surface area contributed by atoms with Crippen molar-refractivity contribution in [2.75, 3.05) is 18.4 Å². The molecule has 1 saturated carbocycles. The second-order valence-corrected chi connectivity index (χ2v) is 17.4. The zero-order valence-electron chi connectivity index (χ0n) is 38.8. The van der Waals surface area contributed by atoms with Crippen LogP contribution in [0.4, 0.5) is 15.3 Å². The molecule has 1 aromatic carbocycles. The number of carbonyl (C=O) groups is 7. The van der Waals surface area contributed by atoms with E-state index in [0.717, 1.165) is 29.0 Å². The molecule has 1 aliphatic carbocycles. The minimum absolute atomic E-state index is 0.00908. The number of primary amides is 1. The summed E-state index contributed by atoms with van der Waals surface area (Å²) >= 11 is 0. The molecule has 1 aliphatic heterocycles. The van der Waals surface area contributed by atoms with E-state index in [-0.39, 0.29) is 68.8 Å². The van der Waals surface area contributed by atoms with Crippen molar-refractivity contribution in [1.82, 2.24) is 55.3 Å². The fourth-order valence-corrected chi connectivity index (χ4v) is 7.78. The fraction of sp³-hybridized carbons (Fsp3) is 0.396. The Morgan fingerprint density at radius 3 is 2.39 bits per heavy atom. The van der Waals surface area contributed by atoms with Crippen molar-refractivity contribution >= 4 is 53.0 Å². The first kappa shape index (κ1) is 48.9. The summed E-state index contributed by atoms with van der Waals surface area (Å²) in [6.45, 7) is 6.02. The summed E-state index contributed by atoms with van der Waals surface area (Å²) in [7, 11) is 0. The summed E-state index contributed by atoms with van der Waals surface area (Å²) in [5.74, 6) is -1.91. The van der Waals surface area contributed by atoms with Gasteiger partial charge in [-0.1, -0.05) is 38.5 Å². The van der Waals surface area contributed by atoms with Crippen LogP contribution in [0.1, 0.15) is 82.3 Å². The van der Waals surface area contributed by atoms with Crippen LogP contribution in [-0.4, -0.2) is 112 Å². The molecule has 7 N–H and O–H groups in total. The number of nitrogens with two attached hydrogens (primary N) is 1. The number of pyridine rings is 2. The third-order valence-corrected chi connectivity index (χ3v) is 11.6. The molecule has 0 spiro atoms. The summed E-state index contributed by atoms with van der Waals surface area (Å²) in [5, 5.41) is 15.1. The molecule has 0 saturated heterocycles. The van der Waals surface area contributed by atoms with Gasteiger partial charge in [-0.05, 0) is 93.3 Å². The van der Waals surface area contributed by atoms with Crippen LogP contribution in [0.2, 0.25) is 0 Å². The molecule has 1 fully saturated rings. The lowest BCUT2D eigenvalue weighted by Crippen LogP contribution is -2.54. The number of carbonyl (C=O) groups excluding carboxylic acids is 7. The average Bonchev–Trinajstić information content (AvgIpc) is 3.75. The number of anilines is 1.